The topological polar surface area (TPSA) is 66.0 Å². The highest BCUT2D eigenvalue weighted by atomic mass is 16.5. The molecule has 0 radical (unpaired) electrons. The Labute approximate surface area is 165 Å². The van der Waals surface area contributed by atoms with Gasteiger partial charge in [-0.25, -0.2) is 9.20 Å². The number of hydrogen-bond donors (Lipinski definition) is 0. The Kier molecular flexibility index (Phi) is 4.02. The first-order chi connectivity index (χ1) is 14.2. The molecule has 6 heteroatoms. The van der Waals surface area contributed by atoms with Crippen LogP contribution in [0.4, 0.5) is 0 Å². The second-order valence-corrected chi connectivity index (χ2v) is 6.49. The number of fused-ring (bicyclic) bond motifs is 3. The highest BCUT2D eigenvalue weighted by Gasteiger charge is 2.17. The van der Waals surface area contributed by atoms with Crippen LogP contribution in [0.2, 0.25) is 0 Å². The van der Waals surface area contributed by atoms with E-state index < -0.39 is 5.76 Å². The summed E-state index contributed by atoms with van der Waals surface area (Å²) in [6.45, 7) is 0. The van der Waals surface area contributed by atoms with Crippen molar-refractivity contribution in [1.82, 2.24) is 9.56 Å². The molecule has 5 aromatic rings. The van der Waals surface area contributed by atoms with Gasteiger partial charge in [0.2, 0.25) is 0 Å². The maximum atomic E-state index is 12.5. The molecular formula is C23H16N2O4. The second-order valence-electron chi connectivity index (χ2n) is 6.49. The van der Waals surface area contributed by atoms with E-state index in [1.54, 1.807) is 7.11 Å². The first-order valence-corrected chi connectivity index (χ1v) is 9.06. The average molecular weight is 384 g/mol. The molecule has 0 N–H and O–H groups in total. The molecule has 0 aliphatic heterocycles. The van der Waals surface area contributed by atoms with Crippen LogP contribution < -0.4 is 15.2 Å². The summed E-state index contributed by atoms with van der Waals surface area (Å²) in [6, 6.07) is 24.4. The lowest BCUT2D eigenvalue weighted by Gasteiger charge is -2.06. The Bertz CT molecular complexity index is 1370. The van der Waals surface area contributed by atoms with Crippen molar-refractivity contribution >= 4 is 16.4 Å². The summed E-state index contributed by atoms with van der Waals surface area (Å²) in [6.07, 6.45) is 0. The minimum absolute atomic E-state index is 0.552. The number of rotatable bonds is 4. The summed E-state index contributed by atoms with van der Waals surface area (Å²) >= 11 is 0. The average Bonchev–Trinajstić information content (AvgIpc) is 3.16. The van der Waals surface area contributed by atoms with Crippen LogP contribution in [0.15, 0.2) is 88.2 Å². The Morgan fingerprint density at radius 2 is 1.66 bits per heavy atom. The van der Waals surface area contributed by atoms with Crippen molar-refractivity contribution < 1.29 is 14.0 Å². The lowest BCUT2D eigenvalue weighted by molar-refractivity contribution is 0.352. The molecule has 0 saturated heterocycles. The predicted octanol–water partition coefficient (Wildman–Crippen LogP) is 4.91. The van der Waals surface area contributed by atoms with Crippen LogP contribution >= 0.6 is 0 Å². The molecule has 5 rings (SSSR count). The first kappa shape index (κ1) is 17.1. The van der Waals surface area contributed by atoms with Crippen molar-refractivity contribution in [3.63, 3.8) is 0 Å². The number of ether oxygens (including phenoxy) is 2. The Morgan fingerprint density at radius 1 is 0.862 bits per heavy atom. The molecule has 2 aromatic heterocycles. The van der Waals surface area contributed by atoms with Crippen LogP contribution in [0, 0.1) is 0 Å². The fourth-order valence-corrected chi connectivity index (χ4v) is 3.40. The van der Waals surface area contributed by atoms with Crippen molar-refractivity contribution in [3.05, 3.63) is 89.4 Å². The van der Waals surface area contributed by atoms with Gasteiger partial charge in [-0.15, -0.1) is 0 Å². The quantitative estimate of drug-likeness (QED) is 0.441. The number of benzene rings is 3. The number of hydrogen-bond acceptors (Lipinski definition) is 5. The van der Waals surface area contributed by atoms with Gasteiger partial charge >= 0.3 is 5.76 Å². The van der Waals surface area contributed by atoms with Crippen molar-refractivity contribution in [3.8, 4) is 28.5 Å². The van der Waals surface area contributed by atoms with Crippen LogP contribution in [-0.4, -0.2) is 16.7 Å². The number of nitrogens with zero attached hydrogens (tertiary/aromatic N) is 2. The monoisotopic (exact) mass is 384 g/mol. The van der Waals surface area contributed by atoms with E-state index in [2.05, 4.69) is 5.16 Å². The Balaban J connectivity index is 1.73. The van der Waals surface area contributed by atoms with Crippen molar-refractivity contribution in [2.75, 3.05) is 7.11 Å². The molecule has 0 bridgehead atoms. The van der Waals surface area contributed by atoms with Crippen molar-refractivity contribution in [2.24, 2.45) is 0 Å². The molecule has 0 saturated carbocycles. The smallest absolute Gasteiger partial charge is 0.445 e. The van der Waals surface area contributed by atoms with E-state index in [0.29, 0.717) is 22.5 Å². The number of methoxy groups -OCH3 is 1. The van der Waals surface area contributed by atoms with Crippen molar-refractivity contribution in [2.45, 2.75) is 0 Å². The summed E-state index contributed by atoms with van der Waals surface area (Å²) in [5.41, 5.74) is 2.71. The molecular weight excluding hydrogens is 368 g/mol. The SMILES string of the molecule is COc1ccc(-c2noc(=O)n3c2cc2c(Oc4ccccc4)cccc23)cc1. The van der Waals surface area contributed by atoms with Crippen LogP contribution in [0.5, 0.6) is 17.2 Å². The van der Waals surface area contributed by atoms with Crippen LogP contribution in [0.1, 0.15) is 0 Å². The third-order valence-electron chi connectivity index (χ3n) is 4.78. The maximum Gasteiger partial charge on any atom is 0.445 e. The standard InChI is InChI=1S/C23H16N2O4/c1-27-16-12-10-15(11-13-16)22-20-14-18-19(25(20)23(26)29-24-22)8-5-9-21(18)28-17-6-3-2-4-7-17/h2-14H,1H3. The third kappa shape index (κ3) is 2.91. The third-order valence-corrected chi connectivity index (χ3v) is 4.78. The minimum Gasteiger partial charge on any atom is -0.497 e. The molecule has 0 spiro atoms. The molecule has 0 atom stereocenters. The molecule has 0 aliphatic rings. The molecule has 0 fully saturated rings. The summed E-state index contributed by atoms with van der Waals surface area (Å²) < 4.78 is 17.9. The Hall–Kier alpha value is -4.06. The van der Waals surface area contributed by atoms with Crippen LogP contribution in [0.25, 0.3) is 27.7 Å². The first-order valence-electron chi connectivity index (χ1n) is 9.06. The van der Waals surface area contributed by atoms with E-state index in [-0.39, 0.29) is 0 Å². The van der Waals surface area contributed by atoms with E-state index in [0.717, 1.165) is 22.4 Å². The van der Waals surface area contributed by atoms with E-state index in [1.807, 2.05) is 78.9 Å². The van der Waals surface area contributed by atoms with Gasteiger partial charge in [-0.05, 0) is 54.6 Å². The summed E-state index contributed by atoms with van der Waals surface area (Å²) in [5, 5.41) is 4.85. The predicted molar refractivity (Wildman–Crippen MR) is 110 cm³/mol. The zero-order chi connectivity index (χ0) is 19.8. The summed E-state index contributed by atoms with van der Waals surface area (Å²) in [7, 11) is 1.61. The fraction of sp³-hybridized carbons (Fsp3) is 0.0435. The highest BCUT2D eigenvalue weighted by Crippen LogP contribution is 2.34. The Morgan fingerprint density at radius 3 is 2.41 bits per heavy atom. The van der Waals surface area contributed by atoms with Gasteiger partial charge in [-0.1, -0.05) is 29.4 Å². The summed E-state index contributed by atoms with van der Waals surface area (Å²) in [5.74, 6) is 1.55. The van der Waals surface area contributed by atoms with Gasteiger partial charge in [0.25, 0.3) is 0 Å². The molecule has 142 valence electrons. The lowest BCUT2D eigenvalue weighted by Crippen LogP contribution is -2.12. The van der Waals surface area contributed by atoms with Gasteiger partial charge in [-0.2, -0.15) is 0 Å². The number of para-hydroxylation sites is 1. The number of aromatic nitrogens is 2. The largest absolute Gasteiger partial charge is 0.497 e. The van der Waals surface area contributed by atoms with Crippen LogP contribution in [0.3, 0.4) is 0 Å². The highest BCUT2D eigenvalue weighted by molar-refractivity contribution is 5.96. The normalized spacial score (nSPS) is 11.1. The molecule has 0 unspecified atom stereocenters. The summed E-state index contributed by atoms with van der Waals surface area (Å²) in [4.78, 5) is 12.5. The maximum absolute atomic E-state index is 12.5. The lowest BCUT2D eigenvalue weighted by atomic mass is 10.1. The van der Waals surface area contributed by atoms with Gasteiger partial charge < -0.3 is 9.47 Å². The zero-order valence-corrected chi connectivity index (χ0v) is 15.5. The van der Waals surface area contributed by atoms with Gasteiger partial charge in [0, 0.05) is 10.9 Å². The van der Waals surface area contributed by atoms with Gasteiger partial charge in [0.1, 0.15) is 22.9 Å². The zero-order valence-electron chi connectivity index (χ0n) is 15.5. The van der Waals surface area contributed by atoms with E-state index in [9.17, 15) is 4.79 Å². The van der Waals surface area contributed by atoms with Gasteiger partial charge in [0.15, 0.2) is 0 Å². The van der Waals surface area contributed by atoms with E-state index in [1.165, 1.54) is 4.40 Å². The van der Waals surface area contributed by atoms with Gasteiger partial charge in [0.05, 0.1) is 18.1 Å². The molecule has 6 nitrogen and oxygen atoms in total. The van der Waals surface area contributed by atoms with Crippen molar-refractivity contribution in [1.29, 1.82) is 0 Å². The molecule has 0 amide bonds. The van der Waals surface area contributed by atoms with Crippen LogP contribution in [-0.2, 0) is 0 Å². The second kappa shape index (κ2) is 6.83. The molecule has 0 aliphatic carbocycles. The minimum atomic E-state index is -0.552. The van der Waals surface area contributed by atoms with E-state index in [4.69, 9.17) is 14.0 Å². The van der Waals surface area contributed by atoms with E-state index >= 15 is 0 Å². The molecule has 2 heterocycles. The molecule has 29 heavy (non-hydrogen) atoms. The van der Waals surface area contributed by atoms with Gasteiger partial charge in [-0.3, -0.25) is 4.52 Å². The fourth-order valence-electron chi connectivity index (χ4n) is 3.40. The molecule has 3 aromatic carbocycles.